The minimum Gasteiger partial charge on any atom is -0.489 e. The van der Waals surface area contributed by atoms with Crippen LogP contribution in [0.25, 0.3) is 0 Å². The van der Waals surface area contributed by atoms with Crippen molar-refractivity contribution in [2.24, 2.45) is 11.3 Å². The molecule has 0 amide bonds. The molecular weight excluding hydrogens is 312 g/mol. The van der Waals surface area contributed by atoms with Crippen LogP contribution in [-0.4, -0.2) is 23.4 Å². The number of rotatable bonds is 5. The van der Waals surface area contributed by atoms with E-state index in [1.165, 1.54) is 5.56 Å². The van der Waals surface area contributed by atoms with Crippen molar-refractivity contribution in [1.29, 1.82) is 0 Å². The molecule has 1 saturated carbocycles. The average Bonchev–Trinajstić information content (AvgIpc) is 2.57. The Balaban J connectivity index is 2.05. The summed E-state index contributed by atoms with van der Waals surface area (Å²) < 4.78 is 12.5. The normalized spacial score (nSPS) is 29.8. The molecule has 0 radical (unpaired) electrons. The fraction of sp³-hybridized carbons (Fsp3) is 0.545. The maximum Gasteiger partial charge on any atom is 0.130 e. The van der Waals surface area contributed by atoms with Crippen LogP contribution in [0.2, 0.25) is 0 Å². The summed E-state index contributed by atoms with van der Waals surface area (Å²) in [7, 11) is 0. The fourth-order valence-corrected chi connectivity index (χ4v) is 4.61. The minimum atomic E-state index is -0.279. The molecule has 0 spiro atoms. The topological polar surface area (TPSA) is 38.7 Å². The first-order valence-corrected chi connectivity index (χ1v) is 9.20. The van der Waals surface area contributed by atoms with Gasteiger partial charge in [0.25, 0.3) is 0 Å². The predicted octanol–water partition coefficient (Wildman–Crippen LogP) is 4.47. The lowest BCUT2D eigenvalue weighted by Crippen LogP contribution is -2.58. The Bertz CT molecular complexity index is 676. The molecule has 1 aliphatic carbocycles. The zero-order valence-electron chi connectivity index (χ0n) is 15.7. The molecule has 3 atom stereocenters. The molecule has 25 heavy (non-hydrogen) atoms. The highest BCUT2D eigenvalue weighted by Crippen LogP contribution is 2.54. The van der Waals surface area contributed by atoms with E-state index >= 15 is 0 Å². The van der Waals surface area contributed by atoms with Gasteiger partial charge >= 0.3 is 0 Å². The molecule has 0 unspecified atom stereocenters. The summed E-state index contributed by atoms with van der Waals surface area (Å²) in [5, 5.41) is 10.5. The summed E-state index contributed by atoms with van der Waals surface area (Å²) in [5.41, 5.74) is 1.84. The molecular formula is C22H30O3. The number of allylic oxidation sites excluding steroid dienone is 1. The predicted molar refractivity (Wildman–Crippen MR) is 101 cm³/mol. The standard InChI is InChI=1S/C22H30O3/c1-6-8-16-17(24-13-7-2)10-9-15-14-18-21(3,4)19(23)11-12-22(18,5)25-20(15)16/h6-7,9-10,18-19,23H,1-2,8,11-14H2,3-5H3/t18-,19-,22-/m1/s1. The first-order chi connectivity index (χ1) is 11.8. The molecule has 0 aromatic heterocycles. The number of aliphatic hydroxyl groups is 1. The van der Waals surface area contributed by atoms with Crippen molar-refractivity contribution < 1.29 is 14.6 Å². The molecule has 0 saturated heterocycles. The van der Waals surface area contributed by atoms with E-state index in [2.05, 4.69) is 40.0 Å². The van der Waals surface area contributed by atoms with E-state index in [0.717, 1.165) is 36.3 Å². The molecule has 1 aliphatic heterocycles. The van der Waals surface area contributed by atoms with Crippen LogP contribution < -0.4 is 9.47 Å². The smallest absolute Gasteiger partial charge is 0.130 e. The molecule has 0 bridgehead atoms. The Morgan fingerprint density at radius 2 is 2.04 bits per heavy atom. The molecule has 1 aromatic carbocycles. The van der Waals surface area contributed by atoms with Crippen molar-refractivity contribution in [3.05, 3.63) is 48.6 Å². The van der Waals surface area contributed by atoms with E-state index in [4.69, 9.17) is 9.47 Å². The van der Waals surface area contributed by atoms with Crippen LogP contribution >= 0.6 is 0 Å². The lowest BCUT2D eigenvalue weighted by Gasteiger charge is -2.55. The van der Waals surface area contributed by atoms with Crippen LogP contribution in [0.3, 0.4) is 0 Å². The molecule has 3 rings (SSSR count). The van der Waals surface area contributed by atoms with Gasteiger partial charge in [-0.25, -0.2) is 0 Å². The Kier molecular flexibility index (Phi) is 4.72. The van der Waals surface area contributed by atoms with Crippen LogP contribution in [0.15, 0.2) is 37.4 Å². The van der Waals surface area contributed by atoms with Crippen LogP contribution in [0, 0.1) is 11.3 Å². The summed E-state index contributed by atoms with van der Waals surface area (Å²) in [6, 6.07) is 4.14. The van der Waals surface area contributed by atoms with E-state index < -0.39 is 0 Å². The van der Waals surface area contributed by atoms with Gasteiger partial charge in [0, 0.05) is 11.5 Å². The number of ether oxygens (including phenoxy) is 2. The molecule has 3 heteroatoms. The average molecular weight is 342 g/mol. The van der Waals surface area contributed by atoms with Crippen molar-refractivity contribution in [3.63, 3.8) is 0 Å². The molecule has 136 valence electrons. The third kappa shape index (κ3) is 2.99. The molecule has 1 N–H and O–H groups in total. The second-order valence-corrected chi connectivity index (χ2v) is 8.17. The van der Waals surface area contributed by atoms with Gasteiger partial charge in [-0.3, -0.25) is 0 Å². The Hall–Kier alpha value is -1.74. The molecule has 3 nitrogen and oxygen atoms in total. The Morgan fingerprint density at radius 3 is 2.72 bits per heavy atom. The maximum absolute atomic E-state index is 10.5. The fourth-order valence-electron chi connectivity index (χ4n) is 4.61. The number of aliphatic hydroxyl groups excluding tert-OH is 1. The van der Waals surface area contributed by atoms with Gasteiger partial charge < -0.3 is 14.6 Å². The monoisotopic (exact) mass is 342 g/mol. The SMILES string of the molecule is C=CCOc1ccc2c(c1CC=C)O[C@]1(C)CC[C@@H](O)C(C)(C)[C@H]1C2. The van der Waals surface area contributed by atoms with Crippen molar-refractivity contribution in [2.75, 3.05) is 6.61 Å². The molecule has 1 heterocycles. The van der Waals surface area contributed by atoms with Crippen LogP contribution in [-0.2, 0) is 12.8 Å². The summed E-state index contributed by atoms with van der Waals surface area (Å²) in [5.74, 6) is 2.08. The second kappa shape index (κ2) is 6.53. The highest BCUT2D eigenvalue weighted by Gasteiger charge is 2.54. The first kappa shape index (κ1) is 18.1. The van der Waals surface area contributed by atoms with Gasteiger partial charge in [-0.05, 0) is 49.7 Å². The van der Waals surface area contributed by atoms with Crippen molar-refractivity contribution in [2.45, 2.75) is 58.2 Å². The third-order valence-corrected chi connectivity index (χ3v) is 6.17. The third-order valence-electron chi connectivity index (χ3n) is 6.17. The van der Waals surface area contributed by atoms with E-state index in [0.29, 0.717) is 13.0 Å². The van der Waals surface area contributed by atoms with Gasteiger partial charge in [-0.15, -0.1) is 6.58 Å². The Morgan fingerprint density at radius 1 is 1.28 bits per heavy atom. The van der Waals surface area contributed by atoms with Gasteiger partial charge in [0.05, 0.1) is 6.10 Å². The lowest BCUT2D eigenvalue weighted by molar-refractivity contribution is -0.138. The van der Waals surface area contributed by atoms with Crippen molar-refractivity contribution in [1.82, 2.24) is 0 Å². The number of hydrogen-bond acceptors (Lipinski definition) is 3. The molecule has 1 aromatic rings. The summed E-state index contributed by atoms with van der Waals surface area (Å²) in [4.78, 5) is 0. The zero-order valence-corrected chi connectivity index (χ0v) is 15.7. The highest BCUT2D eigenvalue weighted by molar-refractivity contribution is 5.53. The van der Waals surface area contributed by atoms with E-state index in [-0.39, 0.29) is 23.0 Å². The lowest BCUT2D eigenvalue weighted by atomic mass is 9.57. The quantitative estimate of drug-likeness (QED) is 0.802. The zero-order chi connectivity index (χ0) is 18.2. The Labute approximate surface area is 151 Å². The van der Waals surface area contributed by atoms with Crippen LogP contribution in [0.5, 0.6) is 11.5 Å². The number of fused-ring (bicyclic) bond motifs is 2. The minimum absolute atomic E-state index is 0.165. The summed E-state index contributed by atoms with van der Waals surface area (Å²) in [6.07, 6.45) is 6.64. The van der Waals surface area contributed by atoms with E-state index in [1.807, 2.05) is 12.1 Å². The highest BCUT2D eigenvalue weighted by atomic mass is 16.5. The van der Waals surface area contributed by atoms with Crippen molar-refractivity contribution in [3.8, 4) is 11.5 Å². The van der Waals surface area contributed by atoms with Gasteiger partial charge in [-0.1, -0.05) is 38.6 Å². The van der Waals surface area contributed by atoms with Gasteiger partial charge in [0.15, 0.2) is 0 Å². The van der Waals surface area contributed by atoms with Gasteiger partial charge in [-0.2, -0.15) is 0 Å². The summed E-state index contributed by atoms with van der Waals surface area (Å²) in [6.45, 7) is 14.6. The largest absolute Gasteiger partial charge is 0.489 e. The van der Waals surface area contributed by atoms with Gasteiger partial charge in [0.2, 0.25) is 0 Å². The maximum atomic E-state index is 10.5. The van der Waals surface area contributed by atoms with E-state index in [1.54, 1.807) is 6.08 Å². The van der Waals surface area contributed by atoms with E-state index in [9.17, 15) is 5.11 Å². The summed E-state index contributed by atoms with van der Waals surface area (Å²) >= 11 is 0. The van der Waals surface area contributed by atoms with Crippen LogP contribution in [0.1, 0.15) is 44.7 Å². The second-order valence-electron chi connectivity index (χ2n) is 8.17. The number of benzene rings is 1. The van der Waals surface area contributed by atoms with Crippen molar-refractivity contribution >= 4 is 0 Å². The van der Waals surface area contributed by atoms with Gasteiger partial charge in [0.1, 0.15) is 23.7 Å². The first-order valence-electron chi connectivity index (χ1n) is 9.20. The van der Waals surface area contributed by atoms with Crippen LogP contribution in [0.4, 0.5) is 0 Å². The molecule has 2 aliphatic rings. The molecule has 1 fully saturated rings. The number of hydrogen-bond donors (Lipinski definition) is 1.